The number of H-pyrrole nitrogens is 1. The van der Waals surface area contributed by atoms with Crippen LogP contribution in [-0.2, 0) is 6.54 Å². The molecule has 4 heterocycles. The molecule has 0 unspecified atom stereocenters. The molecule has 1 aliphatic heterocycles. The lowest BCUT2D eigenvalue weighted by Gasteiger charge is -2.25. The summed E-state index contributed by atoms with van der Waals surface area (Å²) in [5, 5.41) is 10.7. The summed E-state index contributed by atoms with van der Waals surface area (Å²) >= 11 is 0. The van der Waals surface area contributed by atoms with Crippen molar-refractivity contribution in [3.8, 4) is 23.0 Å². The Kier molecular flexibility index (Phi) is 5.66. The van der Waals surface area contributed by atoms with Gasteiger partial charge in [0, 0.05) is 35.4 Å². The zero-order chi connectivity index (χ0) is 25.8. The molecule has 38 heavy (non-hydrogen) atoms. The average Bonchev–Trinajstić information content (AvgIpc) is 3.87. The minimum atomic E-state index is -0.440. The zero-order valence-corrected chi connectivity index (χ0v) is 21.3. The molecule has 2 aliphatic carbocycles. The fourth-order valence-corrected chi connectivity index (χ4v) is 5.89. The van der Waals surface area contributed by atoms with Crippen LogP contribution in [0, 0.1) is 17.1 Å². The normalized spacial score (nSPS) is 18.1. The molecule has 0 bridgehead atoms. The van der Waals surface area contributed by atoms with Crippen LogP contribution >= 0.6 is 0 Å². The van der Waals surface area contributed by atoms with Gasteiger partial charge in [-0.05, 0) is 105 Å². The molecule has 6 nitrogen and oxygen atoms in total. The number of hydrogen-bond donors (Lipinski definition) is 1. The summed E-state index contributed by atoms with van der Waals surface area (Å²) in [5.41, 5.74) is 5.44. The summed E-state index contributed by atoms with van der Waals surface area (Å²) in [6, 6.07) is 12.4. The van der Waals surface area contributed by atoms with Crippen molar-refractivity contribution in [3.05, 3.63) is 81.3 Å². The Morgan fingerprint density at radius 1 is 1.03 bits per heavy atom. The number of aromatic nitrogens is 3. The second kappa shape index (κ2) is 9.21. The molecular formula is C31H30FN5O. The number of nitrogens with zero attached hydrogens (tertiary/aromatic N) is 4. The third-order valence-corrected chi connectivity index (χ3v) is 8.23. The quantitative estimate of drug-likeness (QED) is 0.340. The molecule has 0 spiro atoms. The van der Waals surface area contributed by atoms with Gasteiger partial charge in [-0.1, -0.05) is 12.5 Å². The maximum absolute atomic E-state index is 13.9. The van der Waals surface area contributed by atoms with Crippen molar-refractivity contribution in [2.75, 3.05) is 13.1 Å². The maximum Gasteiger partial charge on any atom is 0.280 e. The van der Waals surface area contributed by atoms with Crippen molar-refractivity contribution in [2.45, 2.75) is 63.3 Å². The van der Waals surface area contributed by atoms with Crippen molar-refractivity contribution < 1.29 is 4.39 Å². The largest absolute Gasteiger partial charge is 0.353 e. The number of pyridine rings is 2. The van der Waals surface area contributed by atoms with Crippen LogP contribution in [0.4, 0.5) is 4.39 Å². The topological polar surface area (TPSA) is 77.7 Å². The van der Waals surface area contributed by atoms with Gasteiger partial charge < -0.3 is 4.98 Å². The molecule has 1 saturated heterocycles. The highest BCUT2D eigenvalue weighted by atomic mass is 19.1. The number of halogens is 1. The number of hydrogen-bond acceptors (Lipinski definition) is 4. The van der Waals surface area contributed by atoms with E-state index in [4.69, 9.17) is 4.98 Å². The Labute approximate surface area is 220 Å². The minimum absolute atomic E-state index is 0.111. The smallest absolute Gasteiger partial charge is 0.280 e. The van der Waals surface area contributed by atoms with E-state index in [9.17, 15) is 14.4 Å². The first kappa shape index (κ1) is 23.4. The molecule has 7 rings (SSSR count). The van der Waals surface area contributed by atoms with Gasteiger partial charge in [0.05, 0.1) is 11.6 Å². The van der Waals surface area contributed by atoms with Crippen LogP contribution in [-0.4, -0.2) is 32.5 Å². The third-order valence-electron chi connectivity index (χ3n) is 8.23. The standard InChI is InChI=1S/C31H30FN5O/c32-23-8-9-25(22(12-23)16-33)21-13-28(20-6-7-20)35-29(14-21)37-18-27(19-4-5-19)26-15-24(34-30(26)31(37)38)17-36-10-2-1-3-11-36/h8-9,12-15,18-20,34H,1-7,10-11,17H2. The SMILES string of the molecule is N#Cc1cc(F)ccc1-c1cc(C2CC2)nc(-n2cc(C3CC3)c3cc(CN4CCCCC4)[nH]c3c2=O)c1. The summed E-state index contributed by atoms with van der Waals surface area (Å²) in [6.45, 7) is 3.03. The predicted molar refractivity (Wildman–Crippen MR) is 145 cm³/mol. The molecule has 0 amide bonds. The van der Waals surface area contributed by atoms with E-state index in [1.165, 1.54) is 37.0 Å². The van der Waals surface area contributed by atoms with Gasteiger partial charge in [-0.3, -0.25) is 14.3 Å². The third kappa shape index (κ3) is 4.33. The summed E-state index contributed by atoms with van der Waals surface area (Å²) < 4.78 is 15.6. The number of nitriles is 1. The molecule has 3 aromatic heterocycles. The van der Waals surface area contributed by atoms with Gasteiger partial charge in [-0.15, -0.1) is 0 Å². The van der Waals surface area contributed by atoms with Gasteiger partial charge in [0.25, 0.3) is 5.56 Å². The van der Waals surface area contributed by atoms with E-state index in [1.807, 2.05) is 18.3 Å². The van der Waals surface area contributed by atoms with Crippen LogP contribution in [0.1, 0.15) is 79.3 Å². The minimum Gasteiger partial charge on any atom is -0.353 e. The Hall–Kier alpha value is -3.76. The number of fused-ring (bicyclic) bond motifs is 1. The van der Waals surface area contributed by atoms with Crippen molar-refractivity contribution in [1.29, 1.82) is 5.26 Å². The lowest BCUT2D eigenvalue weighted by molar-refractivity contribution is 0.219. The van der Waals surface area contributed by atoms with Crippen molar-refractivity contribution >= 4 is 10.9 Å². The second-order valence-corrected chi connectivity index (χ2v) is 11.2. The van der Waals surface area contributed by atoms with E-state index in [-0.39, 0.29) is 11.1 Å². The molecule has 0 atom stereocenters. The number of likely N-dealkylation sites (tertiary alicyclic amines) is 1. The van der Waals surface area contributed by atoms with Crippen molar-refractivity contribution in [2.24, 2.45) is 0 Å². The molecule has 4 aromatic rings. The highest BCUT2D eigenvalue weighted by Crippen LogP contribution is 2.44. The van der Waals surface area contributed by atoms with Crippen LogP contribution < -0.4 is 5.56 Å². The van der Waals surface area contributed by atoms with Crippen molar-refractivity contribution in [1.82, 2.24) is 19.4 Å². The Bertz CT molecular complexity index is 1650. The Morgan fingerprint density at radius 3 is 2.55 bits per heavy atom. The molecule has 0 radical (unpaired) electrons. The number of aromatic amines is 1. The number of benzene rings is 1. The van der Waals surface area contributed by atoms with Gasteiger partial charge in [-0.2, -0.15) is 5.26 Å². The van der Waals surface area contributed by atoms with Crippen LogP contribution in [0.5, 0.6) is 0 Å². The predicted octanol–water partition coefficient (Wildman–Crippen LogP) is 6.13. The van der Waals surface area contributed by atoms with Crippen LogP contribution in [0.3, 0.4) is 0 Å². The Balaban J connectivity index is 1.37. The zero-order valence-electron chi connectivity index (χ0n) is 21.3. The van der Waals surface area contributed by atoms with Gasteiger partial charge in [-0.25, -0.2) is 9.37 Å². The maximum atomic E-state index is 13.9. The van der Waals surface area contributed by atoms with E-state index in [2.05, 4.69) is 22.0 Å². The highest BCUT2D eigenvalue weighted by Gasteiger charge is 2.30. The van der Waals surface area contributed by atoms with E-state index in [0.717, 1.165) is 67.7 Å². The lowest BCUT2D eigenvalue weighted by atomic mass is 9.99. The number of piperidine rings is 1. The van der Waals surface area contributed by atoms with Crippen LogP contribution in [0.15, 0.2) is 47.4 Å². The molecular weight excluding hydrogens is 477 g/mol. The summed E-state index contributed by atoms with van der Waals surface area (Å²) in [7, 11) is 0. The number of nitrogens with one attached hydrogen (secondary N) is 1. The molecule has 3 aliphatic rings. The molecule has 7 heteroatoms. The van der Waals surface area contributed by atoms with Crippen LogP contribution in [0.25, 0.3) is 27.8 Å². The first-order chi connectivity index (χ1) is 18.6. The Morgan fingerprint density at radius 2 is 1.82 bits per heavy atom. The van der Waals surface area contributed by atoms with E-state index < -0.39 is 5.82 Å². The fourth-order valence-electron chi connectivity index (χ4n) is 5.89. The van der Waals surface area contributed by atoms with E-state index >= 15 is 0 Å². The van der Waals surface area contributed by atoms with Gasteiger partial charge in [0.15, 0.2) is 0 Å². The average molecular weight is 508 g/mol. The van der Waals surface area contributed by atoms with Gasteiger partial charge >= 0.3 is 0 Å². The summed E-state index contributed by atoms with van der Waals surface area (Å²) in [4.78, 5) is 24.8. The highest BCUT2D eigenvalue weighted by molar-refractivity contribution is 5.84. The lowest BCUT2D eigenvalue weighted by Crippen LogP contribution is -2.29. The van der Waals surface area contributed by atoms with Crippen molar-refractivity contribution in [3.63, 3.8) is 0 Å². The van der Waals surface area contributed by atoms with Crippen LogP contribution in [0.2, 0.25) is 0 Å². The van der Waals surface area contributed by atoms with E-state index in [0.29, 0.717) is 28.7 Å². The monoisotopic (exact) mass is 507 g/mol. The first-order valence-electron chi connectivity index (χ1n) is 13.8. The summed E-state index contributed by atoms with van der Waals surface area (Å²) in [6.07, 6.45) is 10.1. The molecule has 1 N–H and O–H groups in total. The first-order valence-corrected chi connectivity index (χ1v) is 13.8. The van der Waals surface area contributed by atoms with Gasteiger partial charge in [0.1, 0.15) is 17.2 Å². The fraction of sp³-hybridized carbons (Fsp3) is 0.387. The second-order valence-electron chi connectivity index (χ2n) is 11.2. The van der Waals surface area contributed by atoms with E-state index in [1.54, 1.807) is 10.6 Å². The molecule has 192 valence electrons. The van der Waals surface area contributed by atoms with Gasteiger partial charge in [0.2, 0.25) is 0 Å². The molecule has 1 aromatic carbocycles. The molecule has 3 fully saturated rings. The molecule has 2 saturated carbocycles. The number of rotatable bonds is 6. The summed E-state index contributed by atoms with van der Waals surface area (Å²) in [5.74, 6) is 0.920.